The van der Waals surface area contributed by atoms with Crippen LogP contribution in [0.3, 0.4) is 0 Å². The summed E-state index contributed by atoms with van der Waals surface area (Å²) in [5.74, 6) is -1.67. The van der Waals surface area contributed by atoms with E-state index in [-0.39, 0.29) is 5.57 Å². The van der Waals surface area contributed by atoms with Crippen LogP contribution in [-0.4, -0.2) is 51.6 Å². The molecule has 1 aliphatic heterocycles. The summed E-state index contributed by atoms with van der Waals surface area (Å²) in [7, 11) is 0. The van der Waals surface area contributed by atoms with Gasteiger partial charge in [0.15, 0.2) is 5.78 Å². The van der Waals surface area contributed by atoms with Crippen molar-refractivity contribution in [2.75, 3.05) is 6.54 Å². The first kappa shape index (κ1) is 16.9. The number of rotatable bonds is 2. The van der Waals surface area contributed by atoms with Crippen LogP contribution in [0.4, 0.5) is 4.79 Å². The summed E-state index contributed by atoms with van der Waals surface area (Å²) < 4.78 is 5.29. The Balaban J connectivity index is 2.25. The molecule has 0 aromatic carbocycles. The Morgan fingerprint density at radius 1 is 1.35 bits per heavy atom. The van der Waals surface area contributed by atoms with Crippen molar-refractivity contribution in [1.82, 2.24) is 4.90 Å². The summed E-state index contributed by atoms with van der Waals surface area (Å²) >= 11 is 0. The van der Waals surface area contributed by atoms with Crippen LogP contribution in [0.25, 0.3) is 0 Å². The van der Waals surface area contributed by atoms with E-state index in [1.807, 2.05) is 0 Å². The molecule has 1 amide bonds. The summed E-state index contributed by atoms with van der Waals surface area (Å²) in [4.78, 5) is 37.7. The predicted octanol–water partition coefficient (Wildman–Crippen LogP) is 1.93. The van der Waals surface area contributed by atoms with Crippen LogP contribution in [0.15, 0.2) is 23.5 Å². The Morgan fingerprint density at radius 3 is 2.61 bits per heavy atom. The molecule has 124 valence electrons. The lowest BCUT2D eigenvalue weighted by Gasteiger charge is -2.28. The van der Waals surface area contributed by atoms with Gasteiger partial charge in [-0.25, -0.2) is 4.79 Å². The molecule has 0 radical (unpaired) electrons. The maximum absolute atomic E-state index is 12.7. The van der Waals surface area contributed by atoms with Gasteiger partial charge in [-0.2, -0.15) is 0 Å². The molecule has 23 heavy (non-hydrogen) atoms. The molecule has 7 nitrogen and oxygen atoms in total. The number of aliphatic hydroxyl groups excluding tert-OH is 1. The smallest absolute Gasteiger partial charge is 0.410 e. The minimum Gasteiger partial charge on any atom is -0.507 e. The number of aliphatic hydroxyl groups is 1. The Morgan fingerprint density at radius 2 is 2.00 bits per heavy atom. The third-order valence-electron chi connectivity index (χ3n) is 3.57. The molecule has 7 heteroatoms. The zero-order valence-corrected chi connectivity index (χ0v) is 13.4. The highest BCUT2D eigenvalue weighted by Crippen LogP contribution is 2.26. The van der Waals surface area contributed by atoms with Crippen LogP contribution < -0.4 is 0 Å². The van der Waals surface area contributed by atoms with Crippen LogP contribution in [0.2, 0.25) is 0 Å². The fourth-order valence-corrected chi connectivity index (χ4v) is 2.57. The molecule has 2 aliphatic rings. The number of carbonyl (C=O) groups excluding carboxylic acids is 3. The van der Waals surface area contributed by atoms with E-state index in [0.29, 0.717) is 19.4 Å². The number of nitrogens with zero attached hydrogens (tertiary/aromatic N) is 1. The standard InChI is InChI=1S/C16H20N2O5/c1-16(2,3)23-15(22)18-8-4-5-9(18)14(21)12-10(19)6-7-11(20)13(12)17/h6-7,9,17,19H,4-5,8H2,1-3H3/t9-/m0/s1. The largest absolute Gasteiger partial charge is 0.507 e. The van der Waals surface area contributed by atoms with Crippen LogP contribution >= 0.6 is 0 Å². The van der Waals surface area contributed by atoms with E-state index in [1.54, 1.807) is 20.8 Å². The van der Waals surface area contributed by atoms with Gasteiger partial charge in [0.25, 0.3) is 0 Å². The lowest BCUT2D eigenvalue weighted by Crippen LogP contribution is -2.45. The number of allylic oxidation sites excluding steroid dienone is 2. The van der Waals surface area contributed by atoms with Gasteiger partial charge in [0.2, 0.25) is 5.78 Å². The van der Waals surface area contributed by atoms with Crippen molar-refractivity contribution < 1.29 is 24.2 Å². The molecule has 1 atom stereocenters. The Bertz CT molecular complexity index is 639. The number of carbonyl (C=O) groups is 3. The van der Waals surface area contributed by atoms with Crippen molar-refractivity contribution >= 4 is 23.4 Å². The summed E-state index contributed by atoms with van der Waals surface area (Å²) in [6, 6.07) is -0.832. The van der Waals surface area contributed by atoms with Gasteiger partial charge in [0.1, 0.15) is 17.1 Å². The number of nitrogens with one attached hydrogen (secondary N) is 1. The minimum absolute atomic E-state index is 0.335. The van der Waals surface area contributed by atoms with Gasteiger partial charge in [-0.3, -0.25) is 19.9 Å². The van der Waals surface area contributed by atoms with Crippen LogP contribution in [0.1, 0.15) is 33.6 Å². The molecule has 0 aromatic heterocycles. The van der Waals surface area contributed by atoms with E-state index >= 15 is 0 Å². The van der Waals surface area contributed by atoms with Crippen LogP contribution in [0, 0.1) is 5.41 Å². The zero-order chi connectivity index (χ0) is 17.4. The zero-order valence-electron chi connectivity index (χ0n) is 13.4. The summed E-state index contributed by atoms with van der Waals surface area (Å²) in [5.41, 5.74) is -1.57. The number of ether oxygens (including phenoxy) is 1. The first-order chi connectivity index (χ1) is 10.6. The van der Waals surface area contributed by atoms with Gasteiger partial charge < -0.3 is 9.84 Å². The summed E-state index contributed by atoms with van der Waals surface area (Å²) in [5, 5.41) is 17.6. The van der Waals surface area contributed by atoms with Gasteiger partial charge in [-0.05, 0) is 45.8 Å². The molecule has 2 N–H and O–H groups in total. The molecule has 0 saturated carbocycles. The molecule has 1 heterocycles. The highest BCUT2D eigenvalue weighted by Gasteiger charge is 2.40. The fraction of sp³-hybridized carbons (Fsp3) is 0.500. The highest BCUT2D eigenvalue weighted by molar-refractivity contribution is 6.55. The van der Waals surface area contributed by atoms with Gasteiger partial charge in [-0.15, -0.1) is 0 Å². The first-order valence-corrected chi connectivity index (χ1v) is 7.40. The summed E-state index contributed by atoms with van der Waals surface area (Å²) in [6.45, 7) is 5.54. The van der Waals surface area contributed by atoms with Crippen molar-refractivity contribution in [1.29, 1.82) is 5.41 Å². The lowest BCUT2D eigenvalue weighted by atomic mass is 9.92. The second kappa shape index (κ2) is 5.98. The SMILES string of the molecule is CC(C)(C)OC(=O)N1CCC[C@H]1C(=O)C1=C(O)C=CC(=O)C1=N. The van der Waals surface area contributed by atoms with E-state index in [1.165, 1.54) is 4.90 Å². The van der Waals surface area contributed by atoms with E-state index in [0.717, 1.165) is 12.2 Å². The third-order valence-corrected chi connectivity index (χ3v) is 3.57. The van der Waals surface area contributed by atoms with Gasteiger partial charge in [0.05, 0.1) is 11.6 Å². The van der Waals surface area contributed by atoms with Gasteiger partial charge in [0, 0.05) is 6.54 Å². The first-order valence-electron chi connectivity index (χ1n) is 7.40. The number of hydrogen-bond acceptors (Lipinski definition) is 6. The molecule has 0 unspecified atom stereocenters. The van der Waals surface area contributed by atoms with Gasteiger partial charge in [-0.1, -0.05) is 0 Å². The average molecular weight is 320 g/mol. The van der Waals surface area contributed by atoms with E-state index in [4.69, 9.17) is 10.1 Å². The van der Waals surface area contributed by atoms with Gasteiger partial charge >= 0.3 is 6.09 Å². The molecule has 0 aromatic rings. The fourth-order valence-electron chi connectivity index (χ4n) is 2.57. The maximum atomic E-state index is 12.7. The maximum Gasteiger partial charge on any atom is 0.410 e. The van der Waals surface area contributed by atoms with E-state index < -0.39 is 40.8 Å². The van der Waals surface area contributed by atoms with E-state index in [9.17, 15) is 19.5 Å². The van der Waals surface area contributed by atoms with Crippen molar-refractivity contribution in [3.8, 4) is 0 Å². The number of hydrogen-bond donors (Lipinski definition) is 2. The molecular formula is C16H20N2O5. The van der Waals surface area contributed by atoms with Crippen LogP contribution in [0.5, 0.6) is 0 Å². The Labute approximate surface area is 134 Å². The molecule has 0 bridgehead atoms. The molecular weight excluding hydrogens is 300 g/mol. The third kappa shape index (κ3) is 3.49. The molecule has 1 aliphatic carbocycles. The second-order valence-electron chi connectivity index (χ2n) is 6.53. The van der Waals surface area contributed by atoms with Crippen molar-refractivity contribution in [3.63, 3.8) is 0 Å². The molecule has 2 rings (SSSR count). The lowest BCUT2D eigenvalue weighted by molar-refractivity contribution is -0.119. The Hall–Kier alpha value is -2.44. The Kier molecular flexibility index (Phi) is 4.40. The second-order valence-corrected chi connectivity index (χ2v) is 6.53. The van der Waals surface area contributed by atoms with Crippen LogP contribution in [-0.2, 0) is 14.3 Å². The number of likely N-dealkylation sites (tertiary alicyclic amines) is 1. The normalized spacial score (nSPS) is 21.9. The molecule has 1 fully saturated rings. The highest BCUT2D eigenvalue weighted by atomic mass is 16.6. The molecule has 1 saturated heterocycles. The monoisotopic (exact) mass is 320 g/mol. The number of ketones is 2. The van der Waals surface area contributed by atoms with Crippen molar-refractivity contribution in [2.24, 2.45) is 0 Å². The summed E-state index contributed by atoms with van der Waals surface area (Å²) in [6.07, 6.45) is 2.54. The molecule has 0 spiro atoms. The van der Waals surface area contributed by atoms with Crippen molar-refractivity contribution in [2.45, 2.75) is 45.3 Å². The average Bonchev–Trinajstić information content (AvgIpc) is 2.91. The van der Waals surface area contributed by atoms with E-state index in [2.05, 4.69) is 0 Å². The topological polar surface area (TPSA) is 108 Å². The predicted molar refractivity (Wildman–Crippen MR) is 82.5 cm³/mol. The minimum atomic E-state index is -0.832. The number of amides is 1. The number of Topliss-reactive ketones (excluding diaryl/α,β-unsaturated/α-hetero) is 1. The van der Waals surface area contributed by atoms with Crippen molar-refractivity contribution in [3.05, 3.63) is 23.5 Å². The quantitative estimate of drug-likeness (QED) is 0.756.